The van der Waals surface area contributed by atoms with E-state index in [1.54, 1.807) is 0 Å². The Balaban J connectivity index is 4.56. The van der Waals surface area contributed by atoms with E-state index in [9.17, 15) is 43.5 Å². The molecule has 113 heavy (non-hydrogen) atoms. The minimum Gasteiger partial charge on any atom is -0.463 e. The third-order valence-corrected chi connectivity index (χ3v) is 20.3. The van der Waals surface area contributed by atoms with Crippen LogP contribution in [0.25, 0.3) is 0 Å². The molecule has 0 bridgehead atoms. The molecule has 0 amide bonds. The van der Waals surface area contributed by atoms with Gasteiger partial charge in [-0.25, -0.2) is 9.13 Å². The number of carbonyl (C=O) groups is 3. The Morgan fingerprint density at radius 3 is 0.743 bits per heavy atom. The van der Waals surface area contributed by atoms with Crippen molar-refractivity contribution >= 4 is 33.6 Å². The van der Waals surface area contributed by atoms with E-state index in [4.69, 9.17) is 32.3 Å². The van der Waals surface area contributed by atoms with Gasteiger partial charge in [-0.3, -0.25) is 32.5 Å². The van der Waals surface area contributed by atoms with E-state index in [2.05, 4.69) is 191 Å². The fraction of sp³-hybridized carbons (Fsp3) is 0.674. The summed E-state index contributed by atoms with van der Waals surface area (Å²) in [5.41, 5.74) is 0. The zero-order chi connectivity index (χ0) is 82.2. The van der Waals surface area contributed by atoms with Gasteiger partial charge in [0.1, 0.15) is 25.4 Å². The van der Waals surface area contributed by atoms with Crippen LogP contribution >= 0.6 is 15.6 Å². The van der Waals surface area contributed by atoms with Crippen molar-refractivity contribution < 1.29 is 75.8 Å². The van der Waals surface area contributed by atoms with E-state index in [0.717, 1.165) is 161 Å². The van der Waals surface area contributed by atoms with Crippen molar-refractivity contribution in [3.05, 3.63) is 170 Å². The van der Waals surface area contributed by atoms with E-state index in [1.165, 1.54) is 135 Å². The van der Waals surface area contributed by atoms with Gasteiger partial charge in [-0.1, -0.05) is 351 Å². The number of phosphoric acid groups is 2. The molecule has 646 valence electrons. The van der Waals surface area contributed by atoms with Gasteiger partial charge in [0.25, 0.3) is 0 Å². The molecule has 5 unspecified atom stereocenters. The average molecular weight is 1620 g/mol. The SMILES string of the molecule is CC/C=C\C/C=C\C/C=C\C/C=C\C/C=C\C/C=C\CCCCCCCCCCCCC(=O)OCC(COP(=O)(O)OCC(O)COP(=O)(O)OCC(O)COC(=O)CCCCCCCCCCCCCCCCC/C=C\C/C=C\C/C=C\C/C=C\CCCCC)OC(=O)CCCCCC/C=C\C/C=C\C/C=C\C/C=C\CC. The number of esters is 3. The van der Waals surface area contributed by atoms with Crippen LogP contribution in [0.1, 0.15) is 355 Å². The molecule has 0 rings (SSSR count). The minimum absolute atomic E-state index is 0.0707. The summed E-state index contributed by atoms with van der Waals surface area (Å²) in [7, 11) is -9.82. The van der Waals surface area contributed by atoms with Crippen LogP contribution in [-0.2, 0) is 55.8 Å². The topological polar surface area (TPSA) is 231 Å². The van der Waals surface area contributed by atoms with Crippen LogP contribution < -0.4 is 0 Å². The maximum absolute atomic E-state index is 13.0. The van der Waals surface area contributed by atoms with Crippen molar-refractivity contribution in [2.24, 2.45) is 0 Å². The number of rotatable bonds is 83. The van der Waals surface area contributed by atoms with Gasteiger partial charge in [0.2, 0.25) is 0 Å². The van der Waals surface area contributed by atoms with Crippen molar-refractivity contribution in [2.75, 3.05) is 39.6 Å². The van der Waals surface area contributed by atoms with Gasteiger partial charge in [-0.05, 0) is 154 Å². The number of aliphatic hydroxyl groups is 2. The zero-order valence-electron chi connectivity index (χ0n) is 71.0. The number of unbranched alkanes of at least 4 members (excludes halogenated alkanes) is 32. The molecule has 0 aliphatic heterocycles. The highest BCUT2D eigenvalue weighted by Gasteiger charge is 2.29. The molecule has 18 heteroatoms. The minimum atomic E-state index is -4.95. The molecule has 0 aromatic heterocycles. The Morgan fingerprint density at radius 2 is 0.469 bits per heavy atom. The normalized spacial score (nSPS) is 14.6. The fourth-order valence-corrected chi connectivity index (χ4v) is 13.3. The number of hydrogen-bond acceptors (Lipinski definition) is 14. The summed E-state index contributed by atoms with van der Waals surface area (Å²) in [5, 5.41) is 20.7. The van der Waals surface area contributed by atoms with Crippen LogP contribution in [0.2, 0.25) is 0 Å². The highest BCUT2D eigenvalue weighted by Crippen LogP contribution is 2.45. The summed E-state index contributed by atoms with van der Waals surface area (Å²) < 4.78 is 61.3. The van der Waals surface area contributed by atoms with E-state index in [-0.39, 0.29) is 19.3 Å². The predicted octanol–water partition coefficient (Wildman–Crippen LogP) is 27.1. The van der Waals surface area contributed by atoms with E-state index in [0.29, 0.717) is 19.3 Å². The van der Waals surface area contributed by atoms with Gasteiger partial charge >= 0.3 is 33.6 Å². The smallest absolute Gasteiger partial charge is 0.463 e. The maximum Gasteiger partial charge on any atom is 0.472 e. The van der Waals surface area contributed by atoms with E-state index >= 15 is 0 Å². The largest absolute Gasteiger partial charge is 0.472 e. The van der Waals surface area contributed by atoms with E-state index < -0.39 is 91.5 Å². The lowest BCUT2D eigenvalue weighted by atomic mass is 10.0. The average Bonchev–Trinajstić information content (AvgIpc) is 0.897. The molecule has 0 saturated heterocycles. The number of carbonyl (C=O) groups excluding carboxylic acids is 3. The summed E-state index contributed by atoms with van der Waals surface area (Å²) in [6.45, 7) is 2.41. The first-order valence-electron chi connectivity index (χ1n) is 44.4. The number of allylic oxidation sites excluding steroid dienone is 28. The summed E-state index contributed by atoms with van der Waals surface area (Å²) in [6.07, 6.45) is 111. The van der Waals surface area contributed by atoms with E-state index in [1.807, 2.05) is 0 Å². The van der Waals surface area contributed by atoms with Crippen molar-refractivity contribution in [2.45, 2.75) is 373 Å². The Kier molecular flexibility index (Phi) is 82.4. The highest BCUT2D eigenvalue weighted by molar-refractivity contribution is 7.47. The molecule has 0 spiro atoms. The zero-order valence-corrected chi connectivity index (χ0v) is 72.8. The monoisotopic (exact) mass is 1620 g/mol. The molecule has 0 radical (unpaired) electrons. The van der Waals surface area contributed by atoms with Crippen LogP contribution in [0.4, 0.5) is 0 Å². The number of phosphoric ester groups is 2. The quantitative estimate of drug-likeness (QED) is 0.0146. The lowest BCUT2D eigenvalue weighted by Gasteiger charge is -2.21. The summed E-state index contributed by atoms with van der Waals surface area (Å²) >= 11 is 0. The second-order valence-electron chi connectivity index (χ2n) is 29.3. The second-order valence-corrected chi connectivity index (χ2v) is 32.2. The molecule has 0 aromatic rings. The molecule has 16 nitrogen and oxygen atoms in total. The standard InChI is InChI=1S/C95H160O16P2/c1-4-7-10-13-16-19-22-25-28-31-33-35-37-39-41-43-44-46-48-49-51-53-55-58-60-63-66-69-72-75-78-81-93(98)105-84-90(96)85-107-112(101,102)108-86-91(97)87-109-113(103,104)110-89-92(111-95(100)83-80-77-74-71-68-65-62-57-30-27-24-21-18-15-12-9-6-3)88-106-94(99)82-79-76-73-70-67-64-61-59-56-54-52-50-47-45-42-40-38-36-34-32-29-26-23-20-17-14-11-8-5-2/h8-9,11-12,16-21,25-30,33-36,39-42,47,50,62,65,90-92,96-97H,4-7,10,13-15,22-24,31-32,37-38,43-46,48-49,51-61,63-64,66-89H2,1-3H3,(H,101,102)(H,103,104)/b11-8-,12-9-,19-16-,20-17-,21-18-,28-25-,29-26-,30-27-,35-33-,36-34-,41-39-,42-40-,50-47-,65-62-. The van der Waals surface area contributed by atoms with Crippen molar-refractivity contribution in [1.29, 1.82) is 0 Å². The molecule has 4 N–H and O–H groups in total. The molecule has 0 heterocycles. The molecular formula is C95H160O16P2. The first-order valence-corrected chi connectivity index (χ1v) is 47.4. The van der Waals surface area contributed by atoms with Crippen molar-refractivity contribution in [1.82, 2.24) is 0 Å². The summed E-state index contributed by atoms with van der Waals surface area (Å²) in [5.74, 6) is -1.61. The van der Waals surface area contributed by atoms with Crippen LogP contribution in [0.3, 0.4) is 0 Å². The predicted molar refractivity (Wildman–Crippen MR) is 472 cm³/mol. The first-order chi connectivity index (χ1) is 55.2. The molecule has 0 saturated carbocycles. The first kappa shape index (κ1) is 108. The molecule has 0 fully saturated rings. The summed E-state index contributed by atoms with van der Waals surface area (Å²) in [4.78, 5) is 58.9. The lowest BCUT2D eigenvalue weighted by molar-refractivity contribution is -0.161. The Morgan fingerprint density at radius 1 is 0.257 bits per heavy atom. The number of ether oxygens (including phenoxy) is 3. The molecular weight excluding hydrogens is 1460 g/mol. The number of hydrogen-bond donors (Lipinski definition) is 4. The summed E-state index contributed by atoms with van der Waals surface area (Å²) in [6, 6.07) is 0. The number of aliphatic hydroxyl groups excluding tert-OH is 2. The van der Waals surface area contributed by atoms with Gasteiger partial charge in [0, 0.05) is 19.3 Å². The Bertz CT molecular complexity index is 2730. The second kappa shape index (κ2) is 86.3. The van der Waals surface area contributed by atoms with Gasteiger partial charge in [0.05, 0.1) is 26.4 Å². The van der Waals surface area contributed by atoms with Gasteiger partial charge in [-0.2, -0.15) is 0 Å². The molecule has 0 aromatic carbocycles. The Labute approximate surface area is 688 Å². The van der Waals surface area contributed by atoms with Crippen LogP contribution in [0, 0.1) is 0 Å². The van der Waals surface area contributed by atoms with Crippen LogP contribution in [-0.4, -0.2) is 95.9 Å². The molecule has 0 aliphatic rings. The third kappa shape index (κ3) is 87.6. The molecule has 0 aliphatic carbocycles. The van der Waals surface area contributed by atoms with Crippen molar-refractivity contribution in [3.63, 3.8) is 0 Å². The molecule has 5 atom stereocenters. The van der Waals surface area contributed by atoms with Gasteiger partial charge in [-0.15, -0.1) is 0 Å². The van der Waals surface area contributed by atoms with Gasteiger partial charge in [0.15, 0.2) is 6.10 Å². The fourth-order valence-electron chi connectivity index (χ4n) is 11.7. The Hall–Kier alpha value is -5.09. The van der Waals surface area contributed by atoms with Gasteiger partial charge < -0.3 is 34.2 Å². The van der Waals surface area contributed by atoms with Crippen LogP contribution in [0.15, 0.2) is 170 Å². The maximum atomic E-state index is 13.0. The third-order valence-electron chi connectivity index (χ3n) is 18.4. The highest BCUT2D eigenvalue weighted by atomic mass is 31.2. The lowest BCUT2D eigenvalue weighted by Crippen LogP contribution is -2.30. The van der Waals surface area contributed by atoms with Crippen molar-refractivity contribution in [3.8, 4) is 0 Å². The van der Waals surface area contributed by atoms with Crippen LogP contribution in [0.5, 0.6) is 0 Å².